The molecule has 2 heteroatoms. The van der Waals surface area contributed by atoms with Crippen molar-refractivity contribution in [3.8, 4) is 0 Å². The number of Topliss-reactive ketones (excluding diaryl/α,β-unsaturated/α-hetero) is 1. The highest BCUT2D eigenvalue weighted by Crippen LogP contribution is 2.14. The van der Waals surface area contributed by atoms with Crippen LogP contribution in [0.2, 0.25) is 0 Å². The summed E-state index contributed by atoms with van der Waals surface area (Å²) < 4.78 is 5.21. The number of hydrogen-bond acceptors (Lipinski definition) is 2. The highest BCUT2D eigenvalue weighted by atomic mass is 16.3. The number of furan rings is 1. The lowest BCUT2D eigenvalue weighted by molar-refractivity contribution is -0.118. The van der Waals surface area contributed by atoms with Crippen molar-refractivity contribution in [1.29, 1.82) is 0 Å². The fraction of sp³-hybridized carbons (Fsp3) is 0.783. The maximum Gasteiger partial charge on any atom is 0.140 e. The van der Waals surface area contributed by atoms with Crippen molar-refractivity contribution in [2.24, 2.45) is 0 Å². The summed E-state index contributed by atoms with van der Waals surface area (Å²) in [5.41, 5.74) is 0. The first kappa shape index (κ1) is 22.0. The average molecular weight is 349 g/mol. The lowest BCUT2D eigenvalue weighted by Gasteiger charge is -2.03. The Bertz CT molecular complexity index is 394. The Morgan fingerprint density at radius 1 is 0.760 bits per heavy atom. The third kappa shape index (κ3) is 13.9. The van der Waals surface area contributed by atoms with Gasteiger partial charge in [0.15, 0.2) is 0 Å². The second-order valence-electron chi connectivity index (χ2n) is 7.49. The van der Waals surface area contributed by atoms with Crippen LogP contribution in [0.25, 0.3) is 0 Å². The molecule has 0 aliphatic carbocycles. The van der Waals surface area contributed by atoms with Gasteiger partial charge in [0.2, 0.25) is 0 Å². The summed E-state index contributed by atoms with van der Waals surface area (Å²) in [6, 6.07) is 3.72. The third-order valence-corrected chi connectivity index (χ3v) is 5.01. The second kappa shape index (κ2) is 16.4. The smallest absolute Gasteiger partial charge is 0.140 e. The Hall–Kier alpha value is -1.05. The van der Waals surface area contributed by atoms with Gasteiger partial charge in [-0.2, -0.15) is 0 Å². The molecule has 1 aromatic heterocycles. The van der Waals surface area contributed by atoms with Crippen LogP contribution < -0.4 is 0 Å². The number of ketones is 1. The minimum atomic E-state index is 0.310. The first-order chi connectivity index (χ1) is 12.3. The Labute approximate surface area is 155 Å². The summed E-state index contributed by atoms with van der Waals surface area (Å²) in [6.45, 7) is 2.28. The van der Waals surface area contributed by atoms with Crippen LogP contribution in [0, 0.1) is 0 Å². The molecule has 0 aliphatic rings. The molecule has 0 radical (unpaired) electrons. The zero-order valence-electron chi connectivity index (χ0n) is 16.6. The fourth-order valence-electron chi connectivity index (χ4n) is 3.39. The molecule has 0 spiro atoms. The van der Waals surface area contributed by atoms with Gasteiger partial charge in [0.1, 0.15) is 11.5 Å². The van der Waals surface area contributed by atoms with E-state index < -0.39 is 0 Å². The molecule has 0 saturated carbocycles. The second-order valence-corrected chi connectivity index (χ2v) is 7.49. The normalized spacial score (nSPS) is 11.1. The molecular weight excluding hydrogens is 308 g/mol. The van der Waals surface area contributed by atoms with E-state index in [1.807, 2.05) is 12.1 Å². The van der Waals surface area contributed by atoms with Gasteiger partial charge in [-0.3, -0.25) is 4.79 Å². The molecule has 25 heavy (non-hydrogen) atoms. The molecule has 0 aliphatic heterocycles. The molecule has 0 aromatic carbocycles. The van der Waals surface area contributed by atoms with E-state index in [0.29, 0.717) is 18.6 Å². The Kier molecular flexibility index (Phi) is 14.4. The van der Waals surface area contributed by atoms with Crippen molar-refractivity contribution >= 4 is 5.78 Å². The Morgan fingerprint density at radius 2 is 1.24 bits per heavy atom. The van der Waals surface area contributed by atoms with Gasteiger partial charge in [-0.25, -0.2) is 0 Å². The molecular formula is C23H40O2. The SMILES string of the molecule is CCCCCCCCCCCCCCCCCC(=O)Cc1ccco1. The summed E-state index contributed by atoms with van der Waals surface area (Å²) in [5.74, 6) is 1.11. The molecule has 1 heterocycles. The van der Waals surface area contributed by atoms with E-state index in [0.717, 1.165) is 12.2 Å². The number of rotatable bonds is 18. The maximum absolute atomic E-state index is 11.8. The summed E-state index contributed by atoms with van der Waals surface area (Å²) in [4.78, 5) is 11.8. The van der Waals surface area contributed by atoms with Crippen LogP contribution in [0.1, 0.15) is 115 Å². The van der Waals surface area contributed by atoms with Crippen molar-refractivity contribution in [3.63, 3.8) is 0 Å². The minimum Gasteiger partial charge on any atom is -0.469 e. The predicted octanol–water partition coefficient (Wildman–Crippen LogP) is 7.65. The summed E-state index contributed by atoms with van der Waals surface area (Å²) in [6.07, 6.45) is 23.2. The van der Waals surface area contributed by atoms with Gasteiger partial charge in [0, 0.05) is 6.42 Å². The van der Waals surface area contributed by atoms with Gasteiger partial charge >= 0.3 is 0 Å². The molecule has 0 saturated heterocycles. The van der Waals surface area contributed by atoms with Crippen molar-refractivity contribution in [3.05, 3.63) is 24.2 Å². The molecule has 144 valence electrons. The first-order valence-corrected chi connectivity index (χ1v) is 10.9. The molecule has 1 aromatic rings. The molecule has 0 unspecified atom stereocenters. The topological polar surface area (TPSA) is 30.2 Å². The minimum absolute atomic E-state index is 0.310. The predicted molar refractivity (Wildman–Crippen MR) is 107 cm³/mol. The number of carbonyl (C=O) groups excluding carboxylic acids is 1. The van der Waals surface area contributed by atoms with Gasteiger partial charge in [0.25, 0.3) is 0 Å². The van der Waals surface area contributed by atoms with Crippen LogP contribution >= 0.6 is 0 Å². The van der Waals surface area contributed by atoms with Crippen molar-refractivity contribution in [2.75, 3.05) is 0 Å². The largest absolute Gasteiger partial charge is 0.469 e. The third-order valence-electron chi connectivity index (χ3n) is 5.01. The molecule has 2 nitrogen and oxygen atoms in total. The van der Waals surface area contributed by atoms with Gasteiger partial charge in [0.05, 0.1) is 12.7 Å². The molecule has 0 N–H and O–H groups in total. The number of carbonyl (C=O) groups is 1. The highest BCUT2D eigenvalue weighted by molar-refractivity contribution is 5.80. The lowest BCUT2D eigenvalue weighted by atomic mass is 10.0. The van der Waals surface area contributed by atoms with Crippen LogP contribution in [0.15, 0.2) is 22.8 Å². The average Bonchev–Trinajstić information content (AvgIpc) is 3.11. The van der Waals surface area contributed by atoms with Crippen molar-refractivity contribution in [2.45, 2.75) is 116 Å². The van der Waals surface area contributed by atoms with Gasteiger partial charge in [-0.15, -0.1) is 0 Å². The summed E-state index contributed by atoms with van der Waals surface area (Å²) in [5, 5.41) is 0. The van der Waals surface area contributed by atoms with Gasteiger partial charge in [-0.1, -0.05) is 96.8 Å². The van der Waals surface area contributed by atoms with E-state index in [-0.39, 0.29) is 0 Å². The van der Waals surface area contributed by atoms with E-state index in [1.54, 1.807) is 6.26 Å². The Morgan fingerprint density at radius 3 is 1.68 bits per heavy atom. The quantitative estimate of drug-likeness (QED) is 0.255. The molecule has 0 bridgehead atoms. The molecule has 0 fully saturated rings. The first-order valence-electron chi connectivity index (χ1n) is 10.9. The molecule has 0 atom stereocenters. The van der Waals surface area contributed by atoms with E-state index in [9.17, 15) is 4.79 Å². The highest BCUT2D eigenvalue weighted by Gasteiger charge is 2.05. The van der Waals surface area contributed by atoms with Crippen LogP contribution in [0.3, 0.4) is 0 Å². The van der Waals surface area contributed by atoms with E-state index in [4.69, 9.17) is 4.42 Å². The zero-order valence-corrected chi connectivity index (χ0v) is 16.6. The number of hydrogen-bond donors (Lipinski definition) is 0. The number of unbranched alkanes of at least 4 members (excludes halogenated alkanes) is 14. The van der Waals surface area contributed by atoms with Crippen LogP contribution in [0.4, 0.5) is 0 Å². The van der Waals surface area contributed by atoms with Crippen LogP contribution in [0.5, 0.6) is 0 Å². The molecule has 0 amide bonds. The van der Waals surface area contributed by atoms with E-state index in [1.165, 1.54) is 89.9 Å². The monoisotopic (exact) mass is 348 g/mol. The summed E-state index contributed by atoms with van der Waals surface area (Å²) in [7, 11) is 0. The summed E-state index contributed by atoms with van der Waals surface area (Å²) >= 11 is 0. The van der Waals surface area contributed by atoms with Crippen LogP contribution in [-0.4, -0.2) is 5.78 Å². The van der Waals surface area contributed by atoms with Crippen molar-refractivity contribution in [1.82, 2.24) is 0 Å². The molecule has 1 rings (SSSR count). The van der Waals surface area contributed by atoms with Crippen LogP contribution in [-0.2, 0) is 11.2 Å². The van der Waals surface area contributed by atoms with E-state index in [2.05, 4.69) is 6.92 Å². The van der Waals surface area contributed by atoms with Gasteiger partial charge < -0.3 is 4.42 Å². The lowest BCUT2D eigenvalue weighted by Crippen LogP contribution is -2.01. The zero-order chi connectivity index (χ0) is 18.0. The van der Waals surface area contributed by atoms with E-state index >= 15 is 0 Å². The maximum atomic E-state index is 11.8. The van der Waals surface area contributed by atoms with Crippen molar-refractivity contribution < 1.29 is 9.21 Å². The standard InChI is InChI=1S/C23H40O2/c1-2-3-4-5-6-7-8-9-10-11-12-13-14-15-16-18-22(24)21-23-19-17-20-25-23/h17,19-20H,2-16,18,21H2,1H3. The fourth-order valence-corrected chi connectivity index (χ4v) is 3.39. The Balaban J connectivity index is 1.74. The van der Waals surface area contributed by atoms with Gasteiger partial charge in [-0.05, 0) is 18.6 Å².